The molecule has 6 nitrogen and oxygen atoms in total. The Bertz CT molecular complexity index is 572. The predicted molar refractivity (Wildman–Crippen MR) is 63.2 cm³/mol. The minimum Gasteiger partial charge on any atom is -0.454 e. The maximum Gasteiger partial charge on any atom is 0.240 e. The molecular weight excluding hydrogens is 282 g/mol. The number of carbonyl (C=O) groups excluding carboxylic acids is 1. The van der Waals surface area contributed by atoms with E-state index in [4.69, 9.17) is 21.1 Å². The second-order valence-corrected chi connectivity index (χ2v) is 5.71. The Labute approximate surface area is 109 Å². The molecule has 18 heavy (non-hydrogen) atoms. The van der Waals surface area contributed by atoms with E-state index >= 15 is 0 Å². The molecule has 1 aromatic rings. The van der Waals surface area contributed by atoms with Crippen molar-refractivity contribution in [1.29, 1.82) is 0 Å². The number of benzene rings is 1. The summed E-state index contributed by atoms with van der Waals surface area (Å²) in [6.45, 7) is 0.0339. The summed E-state index contributed by atoms with van der Waals surface area (Å²) in [5.41, 5.74) is 0. The highest BCUT2D eigenvalue weighted by Gasteiger charge is 2.19. The number of hydrogen-bond acceptors (Lipinski definition) is 5. The molecule has 0 saturated heterocycles. The first-order valence-corrected chi connectivity index (χ1v) is 6.93. The van der Waals surface area contributed by atoms with Gasteiger partial charge in [0, 0.05) is 19.0 Å². The van der Waals surface area contributed by atoms with E-state index in [1.807, 2.05) is 0 Å². The molecule has 0 amide bonds. The SMILES string of the molecule is O=C(Cl)CCNS(=O)(=O)c1ccc2c(c1)OCO2. The molecule has 98 valence electrons. The van der Waals surface area contributed by atoms with Gasteiger partial charge in [-0.15, -0.1) is 0 Å². The number of rotatable bonds is 5. The number of halogens is 1. The molecule has 0 saturated carbocycles. The number of sulfonamides is 1. The van der Waals surface area contributed by atoms with E-state index in [-0.39, 0.29) is 24.7 Å². The molecule has 8 heteroatoms. The molecule has 0 bridgehead atoms. The van der Waals surface area contributed by atoms with Crippen LogP contribution in [0.15, 0.2) is 23.1 Å². The van der Waals surface area contributed by atoms with Crippen molar-refractivity contribution in [1.82, 2.24) is 4.72 Å². The van der Waals surface area contributed by atoms with Crippen molar-refractivity contribution in [2.24, 2.45) is 0 Å². The Kier molecular flexibility index (Phi) is 3.74. The van der Waals surface area contributed by atoms with E-state index < -0.39 is 15.3 Å². The van der Waals surface area contributed by atoms with Crippen LogP contribution in [-0.2, 0) is 14.8 Å². The average molecular weight is 292 g/mol. The Hall–Kier alpha value is -1.31. The topological polar surface area (TPSA) is 81.7 Å². The van der Waals surface area contributed by atoms with Crippen molar-refractivity contribution in [2.45, 2.75) is 11.3 Å². The first-order chi connectivity index (χ1) is 8.49. The summed E-state index contributed by atoms with van der Waals surface area (Å²) < 4.78 is 36.1. The molecular formula is C10H10ClNO5S. The lowest BCUT2D eigenvalue weighted by molar-refractivity contribution is -0.111. The van der Waals surface area contributed by atoms with Gasteiger partial charge in [-0.1, -0.05) is 0 Å². The van der Waals surface area contributed by atoms with Crippen molar-refractivity contribution >= 4 is 26.9 Å². The summed E-state index contributed by atoms with van der Waals surface area (Å²) in [6, 6.07) is 4.29. The van der Waals surface area contributed by atoms with Crippen LogP contribution in [0.1, 0.15) is 6.42 Å². The normalized spacial score (nSPS) is 13.6. The first-order valence-electron chi connectivity index (χ1n) is 5.07. The summed E-state index contributed by atoms with van der Waals surface area (Å²) in [4.78, 5) is 10.6. The third-order valence-electron chi connectivity index (χ3n) is 2.27. The summed E-state index contributed by atoms with van der Waals surface area (Å²) >= 11 is 5.12. The van der Waals surface area contributed by atoms with Crippen molar-refractivity contribution in [3.63, 3.8) is 0 Å². The highest BCUT2D eigenvalue weighted by Crippen LogP contribution is 2.33. The van der Waals surface area contributed by atoms with Crippen molar-refractivity contribution in [3.05, 3.63) is 18.2 Å². The second kappa shape index (κ2) is 5.13. The van der Waals surface area contributed by atoms with Gasteiger partial charge in [0.25, 0.3) is 0 Å². The van der Waals surface area contributed by atoms with Gasteiger partial charge in [-0.25, -0.2) is 13.1 Å². The lowest BCUT2D eigenvalue weighted by Crippen LogP contribution is -2.25. The fraction of sp³-hybridized carbons (Fsp3) is 0.300. The fourth-order valence-electron chi connectivity index (χ4n) is 1.41. The van der Waals surface area contributed by atoms with Crippen molar-refractivity contribution in [2.75, 3.05) is 13.3 Å². The Morgan fingerprint density at radius 2 is 2.06 bits per heavy atom. The summed E-state index contributed by atoms with van der Waals surface area (Å²) in [5.74, 6) is 0.885. The summed E-state index contributed by atoms with van der Waals surface area (Å²) in [7, 11) is -3.67. The number of hydrogen-bond donors (Lipinski definition) is 1. The maximum absolute atomic E-state index is 11.9. The van der Waals surface area contributed by atoms with Crippen LogP contribution in [0.2, 0.25) is 0 Å². The Morgan fingerprint density at radius 1 is 1.33 bits per heavy atom. The zero-order valence-corrected chi connectivity index (χ0v) is 10.8. The van der Waals surface area contributed by atoms with Crippen molar-refractivity contribution < 1.29 is 22.7 Å². The number of carbonyl (C=O) groups is 1. The molecule has 0 atom stereocenters. The van der Waals surface area contributed by atoms with E-state index in [1.54, 1.807) is 0 Å². The lowest BCUT2D eigenvalue weighted by Gasteiger charge is -2.06. The number of fused-ring (bicyclic) bond motifs is 1. The molecule has 0 aromatic heterocycles. The van der Waals surface area contributed by atoms with Gasteiger partial charge in [0.15, 0.2) is 11.5 Å². The molecule has 2 rings (SSSR count). The zero-order valence-electron chi connectivity index (χ0n) is 9.18. The van der Waals surface area contributed by atoms with Crippen LogP contribution in [0.5, 0.6) is 11.5 Å². The van der Waals surface area contributed by atoms with Gasteiger partial charge >= 0.3 is 0 Å². The van der Waals surface area contributed by atoms with E-state index in [2.05, 4.69) is 4.72 Å². The minimum absolute atomic E-state index is 0.0426. The smallest absolute Gasteiger partial charge is 0.240 e. The molecule has 1 aromatic carbocycles. The zero-order chi connectivity index (χ0) is 13.2. The average Bonchev–Trinajstić information content (AvgIpc) is 2.74. The molecule has 0 aliphatic carbocycles. The Balaban J connectivity index is 2.12. The molecule has 0 fully saturated rings. The monoisotopic (exact) mass is 291 g/mol. The third-order valence-corrected chi connectivity index (χ3v) is 3.92. The molecule has 1 heterocycles. The van der Waals surface area contributed by atoms with E-state index in [9.17, 15) is 13.2 Å². The maximum atomic E-state index is 11.9. The lowest BCUT2D eigenvalue weighted by atomic mass is 10.3. The van der Waals surface area contributed by atoms with Gasteiger partial charge in [0.2, 0.25) is 22.1 Å². The van der Waals surface area contributed by atoms with Crippen LogP contribution in [0.3, 0.4) is 0 Å². The van der Waals surface area contributed by atoms with Gasteiger partial charge in [0.1, 0.15) is 0 Å². The van der Waals surface area contributed by atoms with Gasteiger partial charge < -0.3 is 9.47 Å². The standard InChI is InChI=1S/C10H10ClNO5S/c11-10(13)3-4-12-18(14,15)7-1-2-8-9(5-7)17-6-16-8/h1-2,5,12H,3-4,6H2. The third kappa shape index (κ3) is 2.92. The van der Waals surface area contributed by atoms with Gasteiger partial charge in [-0.05, 0) is 23.7 Å². The second-order valence-electron chi connectivity index (χ2n) is 3.52. The summed E-state index contributed by atoms with van der Waals surface area (Å²) in [5, 5.41) is -0.594. The van der Waals surface area contributed by atoms with Crippen molar-refractivity contribution in [3.8, 4) is 11.5 Å². The first kappa shape index (κ1) is 13.1. The van der Waals surface area contributed by atoms with Crippen LogP contribution >= 0.6 is 11.6 Å². The molecule has 1 aliphatic heterocycles. The van der Waals surface area contributed by atoms with E-state index in [1.165, 1.54) is 18.2 Å². The van der Waals surface area contributed by atoms with E-state index in [0.29, 0.717) is 11.5 Å². The molecule has 0 radical (unpaired) electrons. The molecule has 0 unspecified atom stereocenters. The van der Waals surface area contributed by atoms with Crippen LogP contribution in [0, 0.1) is 0 Å². The number of nitrogens with one attached hydrogen (secondary N) is 1. The predicted octanol–water partition coefficient (Wildman–Crippen LogP) is 0.849. The van der Waals surface area contributed by atoms with Crippen LogP contribution in [0.25, 0.3) is 0 Å². The highest BCUT2D eigenvalue weighted by molar-refractivity contribution is 7.89. The van der Waals surface area contributed by atoms with Crippen LogP contribution in [-0.4, -0.2) is 27.0 Å². The van der Waals surface area contributed by atoms with Crippen LogP contribution < -0.4 is 14.2 Å². The Morgan fingerprint density at radius 3 is 2.78 bits per heavy atom. The van der Waals surface area contributed by atoms with Crippen LogP contribution in [0.4, 0.5) is 0 Å². The molecule has 1 N–H and O–H groups in total. The largest absolute Gasteiger partial charge is 0.454 e. The highest BCUT2D eigenvalue weighted by atomic mass is 35.5. The van der Waals surface area contributed by atoms with Gasteiger partial charge in [-0.2, -0.15) is 0 Å². The quantitative estimate of drug-likeness (QED) is 0.813. The van der Waals surface area contributed by atoms with Gasteiger partial charge in [0.05, 0.1) is 4.90 Å². The summed E-state index contributed by atoms with van der Waals surface area (Å²) in [6.07, 6.45) is -0.0641. The fourth-order valence-corrected chi connectivity index (χ4v) is 2.55. The van der Waals surface area contributed by atoms with Gasteiger partial charge in [-0.3, -0.25) is 4.79 Å². The molecule has 1 aliphatic rings. The number of ether oxygens (including phenoxy) is 2. The van der Waals surface area contributed by atoms with E-state index in [0.717, 1.165) is 0 Å². The minimum atomic E-state index is -3.67. The molecule has 0 spiro atoms.